The minimum absolute atomic E-state index is 0.141. The molecule has 0 unspecified atom stereocenters. The summed E-state index contributed by atoms with van der Waals surface area (Å²) >= 11 is 0. The van der Waals surface area contributed by atoms with Gasteiger partial charge in [0.15, 0.2) is 0 Å². The minimum atomic E-state index is -1.03. The van der Waals surface area contributed by atoms with Crippen molar-refractivity contribution in [3.63, 3.8) is 0 Å². The summed E-state index contributed by atoms with van der Waals surface area (Å²) in [6, 6.07) is 17.6. The molecule has 4 rings (SSSR count). The molecule has 0 amide bonds. The largest absolute Gasteiger partial charge is 0.507 e. The first-order valence-electron chi connectivity index (χ1n) is 14.2. The first-order valence-corrected chi connectivity index (χ1v) is 14.2. The lowest BCUT2D eigenvalue weighted by atomic mass is 9.68. The predicted molar refractivity (Wildman–Crippen MR) is 164 cm³/mol. The molecule has 0 fully saturated rings. The van der Waals surface area contributed by atoms with Crippen LogP contribution < -0.4 is 0 Å². The molecular formula is C35H40O9. The number of aromatic hydroxyl groups is 3. The third-order valence-electron chi connectivity index (χ3n) is 8.89. The van der Waals surface area contributed by atoms with E-state index in [4.69, 9.17) is 0 Å². The summed E-state index contributed by atoms with van der Waals surface area (Å²) in [6.07, 6.45) is 0. The maximum atomic E-state index is 10.6. The van der Waals surface area contributed by atoms with E-state index >= 15 is 0 Å². The summed E-state index contributed by atoms with van der Waals surface area (Å²) < 4.78 is 0. The van der Waals surface area contributed by atoms with Crippen LogP contribution in [0.1, 0.15) is 82.0 Å². The highest BCUT2D eigenvalue weighted by molar-refractivity contribution is 5.58. The van der Waals surface area contributed by atoms with Crippen LogP contribution in [0.4, 0.5) is 0 Å². The van der Waals surface area contributed by atoms with E-state index in [2.05, 4.69) is 0 Å². The van der Waals surface area contributed by atoms with Crippen molar-refractivity contribution >= 4 is 0 Å². The van der Waals surface area contributed by atoms with Gasteiger partial charge in [-0.2, -0.15) is 0 Å². The maximum Gasteiger partial charge on any atom is 0.126 e. The van der Waals surface area contributed by atoms with Gasteiger partial charge in [0.1, 0.15) is 17.2 Å². The van der Waals surface area contributed by atoms with Crippen molar-refractivity contribution in [3.05, 3.63) is 122 Å². The Balaban J connectivity index is 1.95. The number of hydrogen-bond acceptors (Lipinski definition) is 9. The molecule has 0 aliphatic rings. The van der Waals surface area contributed by atoms with Gasteiger partial charge in [-0.25, -0.2) is 0 Å². The molecule has 9 heteroatoms. The van der Waals surface area contributed by atoms with Crippen LogP contribution in [0.5, 0.6) is 17.2 Å². The second-order valence-electron chi connectivity index (χ2n) is 11.7. The Labute approximate surface area is 256 Å². The maximum absolute atomic E-state index is 10.6. The summed E-state index contributed by atoms with van der Waals surface area (Å²) in [4.78, 5) is 0. The van der Waals surface area contributed by atoms with Gasteiger partial charge in [-0.3, -0.25) is 0 Å². The quantitative estimate of drug-likeness (QED) is 0.116. The van der Waals surface area contributed by atoms with Gasteiger partial charge in [0.2, 0.25) is 0 Å². The van der Waals surface area contributed by atoms with E-state index in [0.717, 1.165) is 16.7 Å². The number of benzene rings is 4. The molecule has 4 aromatic rings. The van der Waals surface area contributed by atoms with Crippen LogP contribution in [0.3, 0.4) is 0 Å². The van der Waals surface area contributed by atoms with Crippen LogP contribution in [0, 0.1) is 0 Å². The molecule has 0 aromatic heterocycles. The van der Waals surface area contributed by atoms with Crippen molar-refractivity contribution in [2.24, 2.45) is 0 Å². The van der Waals surface area contributed by atoms with E-state index in [9.17, 15) is 46.0 Å². The summed E-state index contributed by atoms with van der Waals surface area (Å²) in [5, 5.41) is 91.1. The van der Waals surface area contributed by atoms with E-state index in [1.165, 1.54) is 0 Å². The highest BCUT2D eigenvalue weighted by atomic mass is 16.3. The highest BCUT2D eigenvalue weighted by Gasteiger charge is 2.35. The Morgan fingerprint density at radius 2 is 0.636 bits per heavy atom. The topological polar surface area (TPSA) is 182 Å². The number of aliphatic hydroxyl groups is 6. The predicted octanol–water partition coefficient (Wildman–Crippen LogP) is 3.44. The van der Waals surface area contributed by atoms with Gasteiger partial charge in [0.25, 0.3) is 0 Å². The molecule has 44 heavy (non-hydrogen) atoms. The van der Waals surface area contributed by atoms with Crippen molar-refractivity contribution in [2.45, 2.75) is 71.2 Å². The molecule has 0 aliphatic carbocycles. The SMILES string of the molecule is CC(C)(c1ccc(C(C)(c2cc(CO)c(O)c(CO)c2)c2cc(CO)c(O)c(CO)c2)cc1)c1cc(CO)c(O)c(CO)c1. The molecular weight excluding hydrogens is 564 g/mol. The van der Waals surface area contributed by atoms with Crippen molar-refractivity contribution in [1.82, 2.24) is 0 Å². The van der Waals surface area contributed by atoms with Gasteiger partial charge in [-0.1, -0.05) is 38.1 Å². The monoisotopic (exact) mass is 604 g/mol. The van der Waals surface area contributed by atoms with Crippen LogP contribution in [-0.4, -0.2) is 46.0 Å². The normalized spacial score (nSPS) is 12.1. The van der Waals surface area contributed by atoms with E-state index in [0.29, 0.717) is 22.3 Å². The minimum Gasteiger partial charge on any atom is -0.507 e. The van der Waals surface area contributed by atoms with Crippen LogP contribution in [0.15, 0.2) is 60.7 Å². The molecule has 9 N–H and O–H groups in total. The zero-order valence-corrected chi connectivity index (χ0v) is 25.0. The fourth-order valence-electron chi connectivity index (χ4n) is 5.83. The van der Waals surface area contributed by atoms with Crippen LogP contribution in [0.2, 0.25) is 0 Å². The lowest BCUT2D eigenvalue weighted by molar-refractivity contribution is 0.262. The Bertz CT molecular complexity index is 1500. The number of rotatable bonds is 11. The Morgan fingerprint density at radius 3 is 0.909 bits per heavy atom. The van der Waals surface area contributed by atoms with Crippen LogP contribution in [0.25, 0.3) is 0 Å². The summed E-state index contributed by atoms with van der Waals surface area (Å²) in [5.74, 6) is -0.568. The van der Waals surface area contributed by atoms with Gasteiger partial charge >= 0.3 is 0 Å². The Hall–Kier alpha value is -3.96. The molecule has 0 spiro atoms. The van der Waals surface area contributed by atoms with E-state index in [1.54, 1.807) is 36.4 Å². The summed E-state index contributed by atoms with van der Waals surface area (Å²) in [6.45, 7) is 3.17. The zero-order chi connectivity index (χ0) is 32.4. The summed E-state index contributed by atoms with van der Waals surface area (Å²) in [5.41, 5.74) is 3.45. The second kappa shape index (κ2) is 13.0. The van der Waals surface area contributed by atoms with E-state index in [-0.39, 0.29) is 39.5 Å². The molecule has 0 saturated carbocycles. The van der Waals surface area contributed by atoms with Crippen LogP contribution >= 0.6 is 0 Å². The molecule has 0 aliphatic heterocycles. The first kappa shape index (κ1) is 32.9. The number of hydrogen-bond donors (Lipinski definition) is 9. The smallest absolute Gasteiger partial charge is 0.126 e. The van der Waals surface area contributed by atoms with Gasteiger partial charge < -0.3 is 46.0 Å². The average Bonchev–Trinajstić information content (AvgIpc) is 3.04. The van der Waals surface area contributed by atoms with Crippen LogP contribution in [-0.2, 0) is 50.5 Å². The zero-order valence-electron chi connectivity index (χ0n) is 25.0. The molecule has 0 bridgehead atoms. The van der Waals surface area contributed by atoms with E-state index in [1.807, 2.05) is 45.0 Å². The standard InChI is InChI=1S/C35H40O9/c1-34(2,28-8-20(14-36)31(42)21(9-28)15-37)26-4-6-27(7-5-26)35(3,29-10-22(16-38)32(43)23(11-29)17-39)30-12-24(18-40)33(44)25(13-30)19-41/h4-13,36-44H,14-19H2,1-3H3. The molecule has 234 valence electrons. The van der Waals surface area contributed by atoms with Crippen molar-refractivity contribution in [3.8, 4) is 17.2 Å². The molecule has 0 radical (unpaired) electrons. The molecule has 0 saturated heterocycles. The number of aliphatic hydroxyl groups excluding tert-OH is 6. The van der Waals surface area contributed by atoms with Crippen molar-refractivity contribution in [2.75, 3.05) is 0 Å². The van der Waals surface area contributed by atoms with Crippen molar-refractivity contribution in [1.29, 1.82) is 0 Å². The lowest BCUT2D eigenvalue weighted by Crippen LogP contribution is -2.27. The molecule has 4 aromatic carbocycles. The Kier molecular flexibility index (Phi) is 9.70. The molecule has 9 nitrogen and oxygen atoms in total. The van der Waals surface area contributed by atoms with Crippen molar-refractivity contribution < 1.29 is 46.0 Å². The average molecular weight is 605 g/mol. The second-order valence-corrected chi connectivity index (χ2v) is 11.7. The van der Waals surface area contributed by atoms with Gasteiger partial charge in [-0.05, 0) is 71.1 Å². The highest BCUT2D eigenvalue weighted by Crippen LogP contribution is 2.45. The fraction of sp³-hybridized carbons (Fsp3) is 0.314. The first-order chi connectivity index (χ1) is 20.9. The third-order valence-corrected chi connectivity index (χ3v) is 8.89. The Morgan fingerprint density at radius 1 is 0.386 bits per heavy atom. The lowest BCUT2D eigenvalue weighted by Gasteiger charge is -2.35. The third kappa shape index (κ3) is 5.66. The summed E-state index contributed by atoms with van der Waals surface area (Å²) in [7, 11) is 0. The van der Waals surface area contributed by atoms with Gasteiger partial charge in [-0.15, -0.1) is 0 Å². The molecule has 0 atom stereocenters. The van der Waals surface area contributed by atoms with Gasteiger partial charge in [0, 0.05) is 44.2 Å². The fourth-order valence-corrected chi connectivity index (χ4v) is 5.83. The van der Waals surface area contributed by atoms with E-state index < -0.39 is 50.5 Å². The molecule has 0 heterocycles. The van der Waals surface area contributed by atoms with Gasteiger partial charge in [0.05, 0.1) is 39.6 Å². The number of phenols is 3.